The van der Waals surface area contributed by atoms with E-state index in [1.54, 1.807) is 13.0 Å². The predicted octanol–water partition coefficient (Wildman–Crippen LogP) is 3.57. The third-order valence-electron chi connectivity index (χ3n) is 3.16. The summed E-state index contributed by atoms with van der Waals surface area (Å²) in [4.78, 5) is 22.8. The molecule has 0 aliphatic rings. The number of aryl methyl sites for hydroxylation is 1. The number of rotatable bonds is 6. The fourth-order valence-corrected chi connectivity index (χ4v) is 3.68. The first kappa shape index (κ1) is 17.1. The molecule has 20 heavy (non-hydrogen) atoms. The van der Waals surface area contributed by atoms with Crippen molar-refractivity contribution in [2.24, 2.45) is 0 Å². The van der Waals surface area contributed by atoms with E-state index in [2.05, 4.69) is 37.2 Å². The number of nitrogens with one attached hydrogen (secondary N) is 1. The van der Waals surface area contributed by atoms with Crippen LogP contribution in [0.1, 0.15) is 29.3 Å². The van der Waals surface area contributed by atoms with Gasteiger partial charge in [0.25, 0.3) is 11.6 Å². The quantitative estimate of drug-likeness (QED) is 0.445. The van der Waals surface area contributed by atoms with Crippen LogP contribution in [0.4, 0.5) is 5.69 Å². The lowest BCUT2D eigenvalue weighted by Crippen LogP contribution is -2.51. The van der Waals surface area contributed by atoms with Crippen molar-refractivity contribution in [1.29, 1.82) is 0 Å². The van der Waals surface area contributed by atoms with Crippen LogP contribution in [0.15, 0.2) is 18.2 Å². The van der Waals surface area contributed by atoms with Gasteiger partial charge in [-0.3, -0.25) is 14.9 Å². The maximum Gasteiger partial charge on any atom is 0.282 e. The molecule has 1 aromatic carbocycles. The number of carbonyl (C=O) groups excluding carboxylic acids is 1. The number of carbonyl (C=O) groups is 1. The first-order chi connectivity index (χ1) is 9.39. The molecule has 1 N–H and O–H groups in total. The number of alkyl halides is 2. The summed E-state index contributed by atoms with van der Waals surface area (Å²) >= 11 is 6.76. The number of benzene rings is 1. The van der Waals surface area contributed by atoms with E-state index in [1.165, 1.54) is 12.1 Å². The normalized spacial score (nSPS) is 11.2. The molecule has 0 aliphatic carbocycles. The molecule has 7 heteroatoms. The van der Waals surface area contributed by atoms with Crippen molar-refractivity contribution in [3.8, 4) is 0 Å². The number of halogens is 2. The lowest BCUT2D eigenvalue weighted by Gasteiger charge is -2.30. The van der Waals surface area contributed by atoms with Crippen LogP contribution >= 0.6 is 31.9 Å². The molecule has 0 saturated carbocycles. The Hall–Kier alpha value is -0.950. The van der Waals surface area contributed by atoms with Gasteiger partial charge in [-0.1, -0.05) is 44.8 Å². The molecule has 0 bridgehead atoms. The molecule has 0 saturated heterocycles. The van der Waals surface area contributed by atoms with Gasteiger partial charge in [0, 0.05) is 16.7 Å². The predicted molar refractivity (Wildman–Crippen MR) is 85.9 cm³/mol. The van der Waals surface area contributed by atoms with Gasteiger partial charge >= 0.3 is 0 Å². The second kappa shape index (κ2) is 7.17. The van der Waals surface area contributed by atoms with Gasteiger partial charge in [-0.2, -0.15) is 0 Å². The molecular weight excluding hydrogens is 392 g/mol. The van der Waals surface area contributed by atoms with Crippen LogP contribution in [-0.4, -0.2) is 27.0 Å². The molecule has 0 spiro atoms. The standard InChI is InChI=1S/C13H16Br2N2O3/c1-3-13(7-14,8-15)16-12(18)10-6-9(2)4-5-11(10)17(19)20/h4-6H,3,7-8H2,1-2H3,(H,16,18). The lowest BCUT2D eigenvalue weighted by molar-refractivity contribution is -0.385. The first-order valence-electron chi connectivity index (χ1n) is 6.08. The van der Waals surface area contributed by atoms with Gasteiger partial charge in [0.05, 0.1) is 10.5 Å². The van der Waals surface area contributed by atoms with Gasteiger partial charge < -0.3 is 5.32 Å². The second-order valence-corrected chi connectivity index (χ2v) is 5.75. The van der Waals surface area contributed by atoms with Gasteiger partial charge in [-0.15, -0.1) is 0 Å². The van der Waals surface area contributed by atoms with E-state index in [1.807, 2.05) is 6.92 Å². The summed E-state index contributed by atoms with van der Waals surface area (Å²) in [5.41, 5.74) is 0.256. The molecule has 1 rings (SSSR count). The van der Waals surface area contributed by atoms with E-state index < -0.39 is 16.4 Å². The SMILES string of the molecule is CCC(CBr)(CBr)NC(=O)c1cc(C)ccc1[N+](=O)[O-]. The highest BCUT2D eigenvalue weighted by Gasteiger charge is 2.30. The highest BCUT2D eigenvalue weighted by Crippen LogP contribution is 2.23. The Labute approximate surface area is 134 Å². The lowest BCUT2D eigenvalue weighted by atomic mass is 10.0. The van der Waals surface area contributed by atoms with E-state index in [0.717, 1.165) is 5.56 Å². The van der Waals surface area contributed by atoms with E-state index in [0.29, 0.717) is 17.1 Å². The summed E-state index contributed by atoms with van der Waals surface area (Å²) in [5.74, 6) is -0.429. The van der Waals surface area contributed by atoms with E-state index in [-0.39, 0.29) is 11.3 Å². The average molecular weight is 408 g/mol. The maximum absolute atomic E-state index is 12.4. The molecule has 1 amide bonds. The van der Waals surface area contributed by atoms with Crippen LogP contribution in [0.3, 0.4) is 0 Å². The van der Waals surface area contributed by atoms with Gasteiger partial charge in [0.2, 0.25) is 0 Å². The first-order valence-corrected chi connectivity index (χ1v) is 8.33. The van der Waals surface area contributed by atoms with Crippen LogP contribution in [0.5, 0.6) is 0 Å². The van der Waals surface area contributed by atoms with Crippen molar-refractivity contribution in [3.05, 3.63) is 39.4 Å². The molecule has 0 fully saturated rings. The van der Waals surface area contributed by atoms with Crippen molar-refractivity contribution >= 4 is 43.5 Å². The van der Waals surface area contributed by atoms with Gasteiger partial charge in [-0.25, -0.2) is 0 Å². The molecule has 0 unspecified atom stereocenters. The number of nitro benzene ring substituents is 1. The molecule has 0 heterocycles. The van der Waals surface area contributed by atoms with Crippen LogP contribution < -0.4 is 5.32 Å². The van der Waals surface area contributed by atoms with Crippen LogP contribution in [0.2, 0.25) is 0 Å². The van der Waals surface area contributed by atoms with E-state index in [9.17, 15) is 14.9 Å². The minimum absolute atomic E-state index is 0.0923. The Bertz CT molecular complexity index is 508. The van der Waals surface area contributed by atoms with Crippen LogP contribution in [0.25, 0.3) is 0 Å². The minimum atomic E-state index is -0.537. The Morgan fingerprint density at radius 2 is 2.00 bits per heavy atom. The number of amides is 1. The van der Waals surface area contributed by atoms with Gasteiger partial charge in [0.1, 0.15) is 5.56 Å². The monoisotopic (exact) mass is 406 g/mol. The van der Waals surface area contributed by atoms with Crippen molar-refractivity contribution in [3.63, 3.8) is 0 Å². The zero-order valence-corrected chi connectivity index (χ0v) is 14.5. The highest BCUT2D eigenvalue weighted by molar-refractivity contribution is 9.09. The second-order valence-electron chi connectivity index (χ2n) is 4.63. The Balaban J connectivity index is 3.15. The number of nitrogens with zero attached hydrogens (tertiary/aromatic N) is 1. The van der Waals surface area contributed by atoms with Crippen molar-refractivity contribution in [1.82, 2.24) is 5.32 Å². The number of hydrogen-bond acceptors (Lipinski definition) is 3. The van der Waals surface area contributed by atoms with Crippen LogP contribution in [0, 0.1) is 17.0 Å². The summed E-state index contributed by atoms with van der Waals surface area (Å²) in [6.45, 7) is 3.75. The van der Waals surface area contributed by atoms with Crippen molar-refractivity contribution in [2.45, 2.75) is 25.8 Å². The minimum Gasteiger partial charge on any atom is -0.345 e. The summed E-state index contributed by atoms with van der Waals surface area (Å²) in [6.07, 6.45) is 0.703. The fourth-order valence-electron chi connectivity index (χ4n) is 1.68. The molecule has 1 aromatic rings. The zero-order chi connectivity index (χ0) is 15.3. The largest absolute Gasteiger partial charge is 0.345 e. The van der Waals surface area contributed by atoms with Crippen LogP contribution in [-0.2, 0) is 0 Å². The number of hydrogen-bond donors (Lipinski definition) is 1. The summed E-state index contributed by atoms with van der Waals surface area (Å²) in [7, 11) is 0. The Kier molecular flexibility index (Phi) is 6.13. The fraction of sp³-hybridized carbons (Fsp3) is 0.462. The van der Waals surface area contributed by atoms with Gasteiger partial charge in [-0.05, 0) is 25.0 Å². The molecule has 0 atom stereocenters. The van der Waals surface area contributed by atoms with Gasteiger partial charge in [0.15, 0.2) is 0 Å². The maximum atomic E-state index is 12.4. The van der Waals surface area contributed by atoms with Crippen molar-refractivity contribution in [2.75, 3.05) is 10.7 Å². The zero-order valence-electron chi connectivity index (χ0n) is 11.3. The summed E-state index contributed by atoms with van der Waals surface area (Å²) in [6, 6.07) is 4.52. The summed E-state index contributed by atoms with van der Waals surface area (Å²) in [5, 5.41) is 15.0. The van der Waals surface area contributed by atoms with Crippen molar-refractivity contribution < 1.29 is 9.72 Å². The smallest absolute Gasteiger partial charge is 0.282 e. The third-order valence-corrected chi connectivity index (χ3v) is 5.31. The Morgan fingerprint density at radius 1 is 1.40 bits per heavy atom. The molecule has 0 radical (unpaired) electrons. The van der Waals surface area contributed by atoms with E-state index in [4.69, 9.17) is 0 Å². The molecule has 0 aliphatic heterocycles. The average Bonchev–Trinajstić information content (AvgIpc) is 2.44. The molecule has 5 nitrogen and oxygen atoms in total. The Morgan fingerprint density at radius 3 is 2.45 bits per heavy atom. The molecule has 110 valence electrons. The molecular formula is C13H16Br2N2O3. The third kappa shape index (κ3) is 3.79. The topological polar surface area (TPSA) is 72.2 Å². The number of nitro groups is 1. The molecule has 0 aromatic heterocycles. The van der Waals surface area contributed by atoms with E-state index >= 15 is 0 Å². The highest BCUT2D eigenvalue weighted by atomic mass is 79.9. The summed E-state index contributed by atoms with van der Waals surface area (Å²) < 4.78 is 0.